The second kappa shape index (κ2) is 7.02. The van der Waals surface area contributed by atoms with Gasteiger partial charge in [0.25, 0.3) is 0 Å². The normalized spacial score (nSPS) is 22.8. The summed E-state index contributed by atoms with van der Waals surface area (Å²) in [6, 6.07) is 0.503. The van der Waals surface area contributed by atoms with Crippen LogP contribution >= 0.6 is 11.8 Å². The van der Waals surface area contributed by atoms with Gasteiger partial charge in [-0.2, -0.15) is 0 Å². The van der Waals surface area contributed by atoms with Crippen molar-refractivity contribution in [3.8, 4) is 0 Å². The van der Waals surface area contributed by atoms with E-state index in [4.69, 9.17) is 5.73 Å². The van der Waals surface area contributed by atoms with Crippen molar-refractivity contribution in [1.29, 1.82) is 0 Å². The Labute approximate surface area is 114 Å². The molecule has 1 heterocycles. The van der Waals surface area contributed by atoms with E-state index in [9.17, 15) is 4.79 Å². The lowest BCUT2D eigenvalue weighted by Gasteiger charge is -2.35. The second-order valence-electron chi connectivity index (χ2n) is 5.81. The SMILES string of the molecule is CC(C)(C)C1CCSC(=NCCCCC(N)=O)N1. The predicted octanol–water partition coefficient (Wildman–Crippen LogP) is 2.14. The molecule has 104 valence electrons. The number of hydrogen-bond donors (Lipinski definition) is 2. The van der Waals surface area contributed by atoms with Crippen LogP contribution in [-0.2, 0) is 4.79 Å². The lowest BCUT2D eigenvalue weighted by Crippen LogP contribution is -2.46. The molecule has 4 nitrogen and oxygen atoms in total. The molecule has 0 radical (unpaired) electrons. The van der Waals surface area contributed by atoms with Crippen LogP contribution in [0.15, 0.2) is 4.99 Å². The second-order valence-corrected chi connectivity index (χ2v) is 6.89. The number of primary amides is 1. The molecule has 1 aliphatic heterocycles. The maximum absolute atomic E-state index is 10.6. The first-order valence-electron chi connectivity index (χ1n) is 6.61. The molecule has 0 saturated carbocycles. The molecule has 0 spiro atoms. The molecule has 3 N–H and O–H groups in total. The fourth-order valence-electron chi connectivity index (χ4n) is 1.87. The Morgan fingerprint density at radius 1 is 1.50 bits per heavy atom. The van der Waals surface area contributed by atoms with E-state index >= 15 is 0 Å². The van der Waals surface area contributed by atoms with Gasteiger partial charge >= 0.3 is 0 Å². The number of nitrogens with zero attached hydrogens (tertiary/aromatic N) is 1. The van der Waals surface area contributed by atoms with Gasteiger partial charge in [0, 0.05) is 24.8 Å². The quantitative estimate of drug-likeness (QED) is 0.753. The summed E-state index contributed by atoms with van der Waals surface area (Å²) in [5, 5.41) is 4.57. The van der Waals surface area contributed by atoms with Gasteiger partial charge in [-0.15, -0.1) is 0 Å². The summed E-state index contributed by atoms with van der Waals surface area (Å²) in [5.74, 6) is 0.912. The summed E-state index contributed by atoms with van der Waals surface area (Å²) in [6.07, 6.45) is 3.42. The molecule has 0 aromatic carbocycles. The summed E-state index contributed by atoms with van der Waals surface area (Å²) in [7, 11) is 0. The number of aliphatic imine (C=N–C) groups is 1. The van der Waals surface area contributed by atoms with Crippen LogP contribution in [0.1, 0.15) is 46.5 Å². The minimum Gasteiger partial charge on any atom is -0.370 e. The van der Waals surface area contributed by atoms with E-state index < -0.39 is 0 Å². The molecule has 1 fully saturated rings. The lowest BCUT2D eigenvalue weighted by atomic mass is 9.85. The van der Waals surface area contributed by atoms with E-state index in [1.807, 2.05) is 0 Å². The number of carbonyl (C=O) groups excluding carboxylic acids is 1. The van der Waals surface area contributed by atoms with Crippen LogP contribution in [0, 0.1) is 5.41 Å². The Morgan fingerprint density at radius 2 is 2.22 bits per heavy atom. The fourth-order valence-corrected chi connectivity index (χ4v) is 2.82. The zero-order valence-corrected chi connectivity index (χ0v) is 12.5. The number of unbranched alkanes of at least 4 members (excludes halogenated alkanes) is 1. The Morgan fingerprint density at radius 3 is 2.83 bits per heavy atom. The molecule has 18 heavy (non-hydrogen) atoms. The fraction of sp³-hybridized carbons (Fsp3) is 0.846. The first-order valence-corrected chi connectivity index (χ1v) is 7.60. The van der Waals surface area contributed by atoms with Crippen molar-refractivity contribution in [2.75, 3.05) is 12.3 Å². The van der Waals surface area contributed by atoms with E-state index in [1.54, 1.807) is 11.8 Å². The smallest absolute Gasteiger partial charge is 0.217 e. The first kappa shape index (κ1) is 15.3. The predicted molar refractivity (Wildman–Crippen MR) is 78.8 cm³/mol. The first-order chi connectivity index (χ1) is 8.39. The maximum Gasteiger partial charge on any atom is 0.217 e. The number of amidine groups is 1. The monoisotopic (exact) mass is 271 g/mol. The number of carbonyl (C=O) groups is 1. The standard InChI is InChI=1S/C13H25N3OS/c1-13(2,3)10-7-9-18-12(16-10)15-8-5-4-6-11(14)17/h10H,4-9H2,1-3H3,(H2,14,17)(H,15,16). The minimum atomic E-state index is -0.222. The van der Waals surface area contributed by atoms with Crippen molar-refractivity contribution in [2.45, 2.75) is 52.5 Å². The molecule has 5 heteroatoms. The zero-order chi connectivity index (χ0) is 13.6. The maximum atomic E-state index is 10.6. The van der Waals surface area contributed by atoms with Gasteiger partial charge in [-0.3, -0.25) is 9.79 Å². The van der Waals surface area contributed by atoms with E-state index in [1.165, 1.54) is 6.42 Å². The van der Waals surface area contributed by atoms with Crippen LogP contribution in [0.4, 0.5) is 0 Å². The van der Waals surface area contributed by atoms with E-state index in [0.717, 1.165) is 30.3 Å². The van der Waals surface area contributed by atoms with Gasteiger partial charge in [0.2, 0.25) is 5.91 Å². The molecule has 0 aromatic heterocycles. The van der Waals surface area contributed by atoms with Crippen molar-refractivity contribution < 1.29 is 4.79 Å². The molecule has 1 saturated heterocycles. The van der Waals surface area contributed by atoms with Gasteiger partial charge in [0.05, 0.1) is 0 Å². The molecular formula is C13H25N3OS. The molecule has 0 aromatic rings. The third-order valence-electron chi connectivity index (χ3n) is 3.08. The Bertz CT molecular complexity index is 310. The lowest BCUT2D eigenvalue weighted by molar-refractivity contribution is -0.118. The van der Waals surface area contributed by atoms with Crippen LogP contribution < -0.4 is 11.1 Å². The van der Waals surface area contributed by atoms with Crippen LogP contribution in [0.3, 0.4) is 0 Å². The number of hydrogen-bond acceptors (Lipinski definition) is 3. The third-order valence-corrected chi connectivity index (χ3v) is 4.04. The van der Waals surface area contributed by atoms with Gasteiger partial charge in [0.1, 0.15) is 0 Å². The molecule has 1 aliphatic rings. The molecule has 0 aliphatic carbocycles. The van der Waals surface area contributed by atoms with E-state index in [0.29, 0.717) is 12.5 Å². The average molecular weight is 271 g/mol. The molecule has 1 unspecified atom stereocenters. The number of nitrogens with two attached hydrogens (primary N) is 1. The van der Waals surface area contributed by atoms with Crippen molar-refractivity contribution >= 4 is 22.8 Å². The van der Waals surface area contributed by atoms with Crippen molar-refractivity contribution in [2.24, 2.45) is 16.1 Å². The molecule has 1 rings (SSSR count). The highest BCUT2D eigenvalue weighted by atomic mass is 32.2. The Hall–Kier alpha value is -0.710. The molecular weight excluding hydrogens is 246 g/mol. The average Bonchev–Trinajstić information content (AvgIpc) is 2.27. The topological polar surface area (TPSA) is 67.5 Å². The van der Waals surface area contributed by atoms with E-state index in [2.05, 4.69) is 31.1 Å². The summed E-state index contributed by atoms with van der Waals surface area (Å²) in [6.45, 7) is 7.54. The molecule has 1 amide bonds. The third kappa shape index (κ3) is 5.76. The van der Waals surface area contributed by atoms with Crippen LogP contribution in [0.25, 0.3) is 0 Å². The van der Waals surface area contributed by atoms with Gasteiger partial charge in [-0.05, 0) is 24.7 Å². The van der Waals surface area contributed by atoms with Crippen LogP contribution in [0.5, 0.6) is 0 Å². The zero-order valence-electron chi connectivity index (χ0n) is 11.7. The number of rotatable bonds is 5. The largest absolute Gasteiger partial charge is 0.370 e. The minimum absolute atomic E-state index is 0.222. The van der Waals surface area contributed by atoms with Crippen molar-refractivity contribution in [3.63, 3.8) is 0 Å². The summed E-state index contributed by atoms with van der Waals surface area (Å²) < 4.78 is 0. The number of nitrogens with one attached hydrogen (secondary N) is 1. The van der Waals surface area contributed by atoms with Crippen molar-refractivity contribution in [1.82, 2.24) is 5.32 Å². The summed E-state index contributed by atoms with van der Waals surface area (Å²) in [5.41, 5.74) is 5.36. The van der Waals surface area contributed by atoms with Gasteiger partial charge in [-0.25, -0.2) is 0 Å². The highest BCUT2D eigenvalue weighted by molar-refractivity contribution is 8.13. The van der Waals surface area contributed by atoms with Crippen LogP contribution in [0.2, 0.25) is 0 Å². The van der Waals surface area contributed by atoms with Gasteiger partial charge in [0.15, 0.2) is 5.17 Å². The molecule has 0 bridgehead atoms. The van der Waals surface area contributed by atoms with Crippen LogP contribution in [-0.4, -0.2) is 29.4 Å². The van der Waals surface area contributed by atoms with Gasteiger partial charge in [-0.1, -0.05) is 32.5 Å². The van der Waals surface area contributed by atoms with Crippen molar-refractivity contribution in [3.05, 3.63) is 0 Å². The highest BCUT2D eigenvalue weighted by Crippen LogP contribution is 2.27. The summed E-state index contributed by atoms with van der Waals surface area (Å²) >= 11 is 1.79. The Balaban J connectivity index is 2.30. The summed E-state index contributed by atoms with van der Waals surface area (Å²) in [4.78, 5) is 15.1. The highest BCUT2D eigenvalue weighted by Gasteiger charge is 2.28. The van der Waals surface area contributed by atoms with E-state index in [-0.39, 0.29) is 11.3 Å². The number of thioether (sulfide) groups is 1. The number of amides is 1. The Kier molecular flexibility index (Phi) is 5.99. The molecule has 1 atom stereocenters. The van der Waals surface area contributed by atoms with Gasteiger partial charge < -0.3 is 11.1 Å².